The zero-order valence-electron chi connectivity index (χ0n) is 10.9. The Morgan fingerprint density at radius 2 is 1.83 bits per heavy atom. The summed E-state index contributed by atoms with van der Waals surface area (Å²) in [5, 5.41) is 22.4. The lowest BCUT2D eigenvalue weighted by molar-refractivity contribution is -0.00297. The summed E-state index contributed by atoms with van der Waals surface area (Å²) >= 11 is 3.21. The topological polar surface area (TPSA) is 69.6 Å². The van der Waals surface area contributed by atoms with Gasteiger partial charge >= 0.3 is 0 Å². The van der Waals surface area contributed by atoms with Crippen LogP contribution in [-0.2, 0) is 0 Å². The summed E-state index contributed by atoms with van der Waals surface area (Å²) in [6, 6.07) is 4.65. The smallest absolute Gasteiger partial charge is 0.255 e. The van der Waals surface area contributed by atoms with E-state index in [1.165, 1.54) is 12.1 Å². The summed E-state index contributed by atoms with van der Waals surface area (Å²) in [4.78, 5) is 12.0. The number of phenols is 1. The average molecular weight is 316 g/mol. The van der Waals surface area contributed by atoms with Gasteiger partial charge in [0.05, 0.1) is 16.7 Å². The Bertz CT molecular complexity index is 464. The Hall–Kier alpha value is -1.07. The number of carbonyl (C=O) groups is 1. The number of hydrogen-bond donors (Lipinski definition) is 3. The van der Waals surface area contributed by atoms with Crippen LogP contribution in [0.5, 0.6) is 5.75 Å². The van der Waals surface area contributed by atoms with Crippen LogP contribution < -0.4 is 5.32 Å². The predicted molar refractivity (Wildman–Crippen MR) is 73.6 cm³/mol. The van der Waals surface area contributed by atoms with E-state index >= 15 is 0 Å². The van der Waals surface area contributed by atoms with Gasteiger partial charge in [-0.25, -0.2) is 0 Å². The molecule has 1 aromatic carbocycles. The first kappa shape index (κ1) is 15.0. The highest BCUT2D eigenvalue weighted by Gasteiger charge is 2.36. The third kappa shape index (κ3) is 3.23. The second-order valence-corrected chi connectivity index (χ2v) is 6.22. The molecule has 5 heteroatoms. The van der Waals surface area contributed by atoms with Crippen LogP contribution in [0.3, 0.4) is 0 Å². The maximum Gasteiger partial charge on any atom is 0.255 e. The van der Waals surface area contributed by atoms with Crippen LogP contribution in [0.1, 0.15) is 38.1 Å². The molecule has 0 unspecified atom stereocenters. The highest BCUT2D eigenvalue weighted by Crippen LogP contribution is 2.25. The largest absolute Gasteiger partial charge is 0.507 e. The Balaban J connectivity index is 2.96. The fraction of sp³-hybridized carbons (Fsp3) is 0.462. The van der Waals surface area contributed by atoms with Gasteiger partial charge in [-0.1, -0.05) is 15.9 Å². The normalized spacial score (nSPS) is 12.3. The van der Waals surface area contributed by atoms with Crippen molar-refractivity contribution in [3.63, 3.8) is 0 Å². The van der Waals surface area contributed by atoms with Crippen molar-refractivity contribution in [3.05, 3.63) is 28.2 Å². The van der Waals surface area contributed by atoms with Crippen LogP contribution in [-0.4, -0.2) is 27.3 Å². The Morgan fingerprint density at radius 3 is 2.28 bits per heavy atom. The molecule has 100 valence electrons. The molecule has 0 aliphatic heterocycles. The standard InChI is InChI=1S/C13H18BrNO3/c1-12(2,13(3,4)18)15-11(17)9-6-5-8(14)7-10(9)16/h5-7,16,18H,1-4H3,(H,15,17). The van der Waals surface area contributed by atoms with E-state index in [2.05, 4.69) is 21.2 Å². The van der Waals surface area contributed by atoms with Gasteiger partial charge in [0.25, 0.3) is 5.91 Å². The summed E-state index contributed by atoms with van der Waals surface area (Å²) in [5.74, 6) is -0.527. The molecule has 0 aromatic heterocycles. The van der Waals surface area contributed by atoms with Crippen LogP contribution in [0.25, 0.3) is 0 Å². The van der Waals surface area contributed by atoms with Gasteiger partial charge in [-0.15, -0.1) is 0 Å². The molecular weight excluding hydrogens is 298 g/mol. The summed E-state index contributed by atoms with van der Waals surface area (Å²) in [7, 11) is 0. The molecule has 0 saturated carbocycles. The first-order chi connectivity index (χ1) is 8.04. The third-order valence-electron chi connectivity index (χ3n) is 3.16. The quantitative estimate of drug-likeness (QED) is 0.802. The van der Waals surface area contributed by atoms with Gasteiger partial charge < -0.3 is 15.5 Å². The van der Waals surface area contributed by atoms with Crippen molar-refractivity contribution in [1.82, 2.24) is 5.32 Å². The molecular formula is C13H18BrNO3. The highest BCUT2D eigenvalue weighted by molar-refractivity contribution is 9.10. The summed E-state index contributed by atoms with van der Waals surface area (Å²) in [5.41, 5.74) is -1.72. The van der Waals surface area contributed by atoms with Gasteiger partial charge in [0.1, 0.15) is 5.75 Å². The number of aromatic hydroxyl groups is 1. The molecule has 0 atom stereocenters. The third-order valence-corrected chi connectivity index (χ3v) is 3.65. The molecule has 1 aromatic rings. The van der Waals surface area contributed by atoms with Gasteiger partial charge in [-0.3, -0.25) is 4.79 Å². The highest BCUT2D eigenvalue weighted by atomic mass is 79.9. The molecule has 1 amide bonds. The molecule has 0 bridgehead atoms. The number of amides is 1. The Morgan fingerprint density at radius 1 is 1.28 bits per heavy atom. The van der Waals surface area contributed by atoms with E-state index in [0.29, 0.717) is 4.47 Å². The van der Waals surface area contributed by atoms with Gasteiger partial charge in [-0.2, -0.15) is 0 Å². The van der Waals surface area contributed by atoms with E-state index in [0.717, 1.165) is 0 Å². The first-order valence-corrected chi connectivity index (χ1v) is 6.37. The average Bonchev–Trinajstić information content (AvgIpc) is 2.14. The van der Waals surface area contributed by atoms with Crippen LogP contribution >= 0.6 is 15.9 Å². The minimum Gasteiger partial charge on any atom is -0.507 e. The molecule has 0 fully saturated rings. The lowest BCUT2D eigenvalue weighted by Crippen LogP contribution is -2.57. The number of benzene rings is 1. The van der Waals surface area contributed by atoms with E-state index in [1.54, 1.807) is 33.8 Å². The molecule has 1 rings (SSSR count). The zero-order valence-corrected chi connectivity index (χ0v) is 12.5. The SMILES string of the molecule is CC(C)(O)C(C)(C)NC(=O)c1ccc(Br)cc1O. The number of carbonyl (C=O) groups excluding carboxylic acids is 1. The number of rotatable bonds is 3. The van der Waals surface area contributed by atoms with Crippen LogP contribution in [0.4, 0.5) is 0 Å². The van der Waals surface area contributed by atoms with Crippen molar-refractivity contribution in [2.24, 2.45) is 0 Å². The van der Waals surface area contributed by atoms with Crippen LogP contribution in [0.15, 0.2) is 22.7 Å². The van der Waals surface area contributed by atoms with Crippen molar-refractivity contribution in [2.75, 3.05) is 0 Å². The Labute approximate surface area is 115 Å². The molecule has 0 radical (unpaired) electrons. The zero-order chi connectivity index (χ0) is 14.1. The molecule has 0 aliphatic carbocycles. The van der Waals surface area contributed by atoms with Gasteiger partial charge in [0.15, 0.2) is 0 Å². The van der Waals surface area contributed by atoms with Gasteiger partial charge in [0, 0.05) is 4.47 Å². The Kier molecular flexibility index (Phi) is 4.08. The molecule has 0 spiro atoms. The fourth-order valence-corrected chi connectivity index (χ4v) is 1.55. The van der Waals surface area contributed by atoms with Gasteiger partial charge in [-0.05, 0) is 45.9 Å². The monoisotopic (exact) mass is 315 g/mol. The number of hydrogen-bond acceptors (Lipinski definition) is 3. The van der Waals surface area contributed by atoms with E-state index in [1.807, 2.05) is 0 Å². The first-order valence-electron chi connectivity index (χ1n) is 5.58. The summed E-state index contributed by atoms with van der Waals surface area (Å²) in [6.07, 6.45) is 0. The van der Waals surface area contributed by atoms with E-state index in [-0.39, 0.29) is 11.3 Å². The van der Waals surface area contributed by atoms with Crippen molar-refractivity contribution in [2.45, 2.75) is 38.8 Å². The van der Waals surface area contributed by atoms with E-state index < -0.39 is 17.0 Å². The molecule has 3 N–H and O–H groups in total. The minimum absolute atomic E-state index is 0.103. The van der Waals surface area contributed by atoms with Crippen molar-refractivity contribution < 1.29 is 15.0 Å². The lowest BCUT2D eigenvalue weighted by atomic mass is 9.85. The van der Waals surface area contributed by atoms with Crippen molar-refractivity contribution >= 4 is 21.8 Å². The van der Waals surface area contributed by atoms with Gasteiger partial charge in [0.2, 0.25) is 0 Å². The molecule has 18 heavy (non-hydrogen) atoms. The van der Waals surface area contributed by atoms with Crippen molar-refractivity contribution in [1.29, 1.82) is 0 Å². The molecule has 0 saturated heterocycles. The summed E-state index contributed by atoms with van der Waals surface area (Å²) in [6.45, 7) is 6.69. The molecule has 0 heterocycles. The number of halogens is 1. The number of nitrogens with one attached hydrogen (secondary N) is 1. The number of phenolic OH excluding ortho intramolecular Hbond substituents is 1. The van der Waals surface area contributed by atoms with Crippen LogP contribution in [0, 0.1) is 0 Å². The van der Waals surface area contributed by atoms with Crippen LogP contribution in [0.2, 0.25) is 0 Å². The second-order valence-electron chi connectivity index (χ2n) is 5.30. The van der Waals surface area contributed by atoms with E-state index in [4.69, 9.17) is 0 Å². The number of aliphatic hydroxyl groups is 1. The minimum atomic E-state index is -1.08. The maximum atomic E-state index is 12.0. The fourth-order valence-electron chi connectivity index (χ4n) is 1.20. The predicted octanol–water partition coefficient (Wildman–Crippen LogP) is 2.43. The maximum absolute atomic E-state index is 12.0. The molecule has 0 aliphatic rings. The molecule has 4 nitrogen and oxygen atoms in total. The van der Waals surface area contributed by atoms with E-state index in [9.17, 15) is 15.0 Å². The second kappa shape index (κ2) is 4.90. The lowest BCUT2D eigenvalue weighted by Gasteiger charge is -2.38. The van der Waals surface area contributed by atoms with Crippen molar-refractivity contribution in [3.8, 4) is 5.75 Å². The summed E-state index contributed by atoms with van der Waals surface area (Å²) < 4.78 is 0.693.